The van der Waals surface area contributed by atoms with Crippen LogP contribution in [0.2, 0.25) is 0 Å². The van der Waals surface area contributed by atoms with Crippen LogP contribution in [0.5, 0.6) is 5.75 Å². The molecule has 3 heterocycles. The van der Waals surface area contributed by atoms with Crippen molar-refractivity contribution in [2.45, 2.75) is 17.9 Å². The molecule has 3 atom stereocenters. The minimum atomic E-state index is -1.94. The number of amides is 1. The van der Waals surface area contributed by atoms with E-state index in [2.05, 4.69) is 15.1 Å². The van der Waals surface area contributed by atoms with Gasteiger partial charge >= 0.3 is 11.8 Å². The molecule has 0 saturated carbocycles. The maximum Gasteiger partial charge on any atom is 0.381 e. The highest BCUT2D eigenvalue weighted by Gasteiger charge is 2.90. The maximum absolute atomic E-state index is 11.8. The Morgan fingerprint density at radius 2 is 2.15 bits per heavy atom. The lowest BCUT2D eigenvalue weighted by Gasteiger charge is -2.21. The number of ether oxygens (including phenoxy) is 3. The van der Waals surface area contributed by atoms with Crippen LogP contribution in [0.25, 0.3) is 0 Å². The first kappa shape index (κ1) is 12.1. The zero-order chi connectivity index (χ0) is 13.8. The van der Waals surface area contributed by atoms with E-state index in [0.717, 1.165) is 6.61 Å². The summed E-state index contributed by atoms with van der Waals surface area (Å²) in [6.45, 7) is 1.25. The van der Waals surface area contributed by atoms with Gasteiger partial charge in [0, 0.05) is 5.69 Å². The van der Waals surface area contributed by atoms with Crippen LogP contribution in [-0.4, -0.2) is 42.1 Å². The van der Waals surface area contributed by atoms with Crippen LogP contribution in [0.3, 0.4) is 0 Å². The molecule has 2 N–H and O–H groups in total. The molecule has 20 heavy (non-hydrogen) atoms. The Bertz CT molecular complexity index is 557. The van der Waals surface area contributed by atoms with Crippen molar-refractivity contribution in [1.29, 1.82) is 0 Å². The highest BCUT2D eigenvalue weighted by Crippen LogP contribution is 2.57. The van der Waals surface area contributed by atoms with E-state index < -0.39 is 17.7 Å². The molecule has 1 aromatic rings. The van der Waals surface area contributed by atoms with Crippen molar-refractivity contribution in [3.8, 4) is 5.75 Å². The van der Waals surface area contributed by atoms with Crippen molar-refractivity contribution in [2.75, 3.05) is 18.5 Å². The Morgan fingerprint density at radius 1 is 1.40 bits per heavy atom. The second-order valence-corrected chi connectivity index (χ2v) is 4.71. The molecular formula is C12H11NO7. The van der Waals surface area contributed by atoms with Gasteiger partial charge in [0.05, 0.1) is 6.61 Å². The van der Waals surface area contributed by atoms with Gasteiger partial charge in [-0.05, 0) is 24.3 Å². The first-order chi connectivity index (χ1) is 9.61. The van der Waals surface area contributed by atoms with E-state index in [0.29, 0.717) is 18.0 Å². The highest BCUT2D eigenvalue weighted by molar-refractivity contribution is 5.99. The molecule has 3 fully saturated rings. The van der Waals surface area contributed by atoms with Gasteiger partial charge in [0.2, 0.25) is 0 Å². The lowest BCUT2D eigenvalue weighted by Crippen LogP contribution is -2.50. The van der Waals surface area contributed by atoms with Gasteiger partial charge in [-0.1, -0.05) is 0 Å². The number of epoxide rings is 2. The molecule has 3 aliphatic rings. The van der Waals surface area contributed by atoms with Gasteiger partial charge in [-0.25, -0.2) is 0 Å². The standard InChI is InChI=1S/C12H11NO7/c14-10(11-12(15,18-11)20-19-11)13-7-1-3-8(4-2-7)16-5-9-6-17-9/h1-4,9,15H,5-6H2,(H,13,14). The van der Waals surface area contributed by atoms with Crippen LogP contribution < -0.4 is 10.1 Å². The molecule has 3 aliphatic heterocycles. The molecule has 3 saturated heterocycles. The van der Waals surface area contributed by atoms with E-state index in [1.807, 2.05) is 0 Å². The first-order valence-electron chi connectivity index (χ1n) is 6.07. The van der Waals surface area contributed by atoms with Gasteiger partial charge in [-0.2, -0.15) is 9.78 Å². The molecule has 8 nitrogen and oxygen atoms in total. The number of fused-ring (bicyclic) bond motifs is 1. The summed E-state index contributed by atoms with van der Waals surface area (Å²) < 4.78 is 15.2. The lowest BCUT2D eigenvalue weighted by atomic mass is 10.2. The second-order valence-electron chi connectivity index (χ2n) is 4.71. The molecule has 8 heteroatoms. The summed E-state index contributed by atoms with van der Waals surface area (Å²) in [4.78, 5) is 20.6. The Morgan fingerprint density at radius 3 is 2.65 bits per heavy atom. The van der Waals surface area contributed by atoms with Crippen LogP contribution in [-0.2, 0) is 24.0 Å². The average Bonchev–Trinajstić information content (AvgIpc) is 3.33. The molecule has 0 spiro atoms. The van der Waals surface area contributed by atoms with E-state index in [9.17, 15) is 9.90 Å². The molecule has 0 bridgehead atoms. The molecule has 1 amide bonds. The third kappa shape index (κ3) is 1.78. The Kier molecular flexibility index (Phi) is 2.35. The normalized spacial score (nSPS) is 36.5. The Balaban J connectivity index is 1.35. The van der Waals surface area contributed by atoms with E-state index in [4.69, 9.17) is 14.2 Å². The summed E-state index contributed by atoms with van der Waals surface area (Å²) in [6.07, 6.45) is 0.189. The Labute approximate surface area is 113 Å². The number of nitrogens with one attached hydrogen (secondary N) is 1. The maximum atomic E-state index is 11.8. The molecule has 0 aliphatic carbocycles. The number of anilines is 1. The fraction of sp³-hybridized carbons (Fsp3) is 0.417. The van der Waals surface area contributed by atoms with Gasteiger partial charge < -0.3 is 19.9 Å². The first-order valence-corrected chi connectivity index (χ1v) is 6.07. The van der Waals surface area contributed by atoms with Crippen molar-refractivity contribution in [1.82, 2.24) is 0 Å². The van der Waals surface area contributed by atoms with E-state index in [1.54, 1.807) is 24.3 Å². The van der Waals surface area contributed by atoms with E-state index in [-0.39, 0.29) is 6.10 Å². The highest BCUT2D eigenvalue weighted by atomic mass is 17.4. The van der Waals surface area contributed by atoms with Crippen molar-refractivity contribution >= 4 is 11.6 Å². The molecule has 106 valence electrons. The van der Waals surface area contributed by atoms with Gasteiger partial charge in [0.1, 0.15) is 18.5 Å². The van der Waals surface area contributed by atoms with Gasteiger partial charge in [-0.3, -0.25) is 9.53 Å². The third-order valence-corrected chi connectivity index (χ3v) is 3.18. The fourth-order valence-electron chi connectivity index (χ4n) is 1.82. The summed E-state index contributed by atoms with van der Waals surface area (Å²) in [5.74, 6) is -3.62. The summed E-state index contributed by atoms with van der Waals surface area (Å²) in [5.41, 5.74) is 0.521. The number of carbonyl (C=O) groups is 1. The fourth-order valence-corrected chi connectivity index (χ4v) is 1.82. The van der Waals surface area contributed by atoms with Crippen LogP contribution in [0.4, 0.5) is 5.69 Å². The van der Waals surface area contributed by atoms with Crippen molar-refractivity contribution in [2.24, 2.45) is 0 Å². The van der Waals surface area contributed by atoms with Crippen LogP contribution >= 0.6 is 0 Å². The SMILES string of the molecule is O=C(Nc1ccc(OCC2CO2)cc1)C12OOC1(O)O2. The molecule has 0 radical (unpaired) electrons. The predicted molar refractivity (Wildman–Crippen MR) is 61.2 cm³/mol. The average molecular weight is 281 g/mol. The summed E-state index contributed by atoms with van der Waals surface area (Å²) in [6, 6.07) is 6.76. The monoisotopic (exact) mass is 281 g/mol. The predicted octanol–water partition coefficient (Wildman–Crippen LogP) is -0.263. The largest absolute Gasteiger partial charge is 0.491 e. The number of hydrogen-bond donors (Lipinski definition) is 2. The quantitative estimate of drug-likeness (QED) is 0.566. The molecule has 4 rings (SSSR count). The molecule has 0 aromatic heterocycles. The van der Waals surface area contributed by atoms with Crippen molar-refractivity contribution in [3.63, 3.8) is 0 Å². The zero-order valence-electron chi connectivity index (χ0n) is 10.2. The zero-order valence-corrected chi connectivity index (χ0v) is 10.2. The topological polar surface area (TPSA) is 102 Å². The van der Waals surface area contributed by atoms with Crippen molar-refractivity contribution in [3.05, 3.63) is 24.3 Å². The number of benzene rings is 1. The summed E-state index contributed by atoms with van der Waals surface area (Å²) >= 11 is 0. The number of carbonyl (C=O) groups excluding carboxylic acids is 1. The van der Waals surface area contributed by atoms with Crippen LogP contribution in [0.15, 0.2) is 24.3 Å². The Hall–Kier alpha value is -1.71. The molecule has 1 aromatic carbocycles. The number of hydrogen-bond acceptors (Lipinski definition) is 7. The second kappa shape index (κ2) is 3.90. The van der Waals surface area contributed by atoms with Crippen LogP contribution in [0, 0.1) is 0 Å². The molecular weight excluding hydrogens is 270 g/mol. The molecule has 3 unspecified atom stereocenters. The summed E-state index contributed by atoms with van der Waals surface area (Å²) in [5, 5.41) is 11.9. The number of aliphatic hydroxyl groups is 1. The van der Waals surface area contributed by atoms with Crippen LogP contribution in [0.1, 0.15) is 0 Å². The number of rotatable bonds is 5. The summed E-state index contributed by atoms with van der Waals surface area (Å²) in [7, 11) is 0. The van der Waals surface area contributed by atoms with Gasteiger partial charge in [-0.15, -0.1) is 0 Å². The lowest BCUT2D eigenvalue weighted by molar-refractivity contribution is -0.501. The smallest absolute Gasteiger partial charge is 0.381 e. The van der Waals surface area contributed by atoms with Gasteiger partial charge in [0.15, 0.2) is 0 Å². The van der Waals surface area contributed by atoms with Crippen molar-refractivity contribution < 1.29 is 33.9 Å². The minimum Gasteiger partial charge on any atom is -0.491 e. The van der Waals surface area contributed by atoms with E-state index >= 15 is 0 Å². The van der Waals surface area contributed by atoms with E-state index in [1.165, 1.54) is 0 Å². The van der Waals surface area contributed by atoms with Gasteiger partial charge in [0.25, 0.3) is 5.91 Å². The third-order valence-electron chi connectivity index (χ3n) is 3.18. The minimum absolute atomic E-state index is 0.189.